The molecule has 0 radical (unpaired) electrons. The van der Waals surface area contributed by atoms with Crippen LogP contribution >= 0.6 is 0 Å². The number of amides is 1. The molecule has 0 bridgehead atoms. The summed E-state index contributed by atoms with van der Waals surface area (Å²) >= 11 is 0. The molecule has 1 rings (SSSR count). The van der Waals surface area contributed by atoms with Gasteiger partial charge in [-0.05, 0) is 38.3 Å². The number of carbonyl (C=O) groups excluding carboxylic acids is 1. The predicted molar refractivity (Wildman–Crippen MR) is 86.2 cm³/mol. The lowest BCUT2D eigenvalue weighted by molar-refractivity contribution is -0.124. The Kier molecular flexibility index (Phi) is 8.51. The summed E-state index contributed by atoms with van der Waals surface area (Å²) in [6, 6.07) is 9.93. The first kappa shape index (κ1) is 17.5. The van der Waals surface area contributed by atoms with Crippen molar-refractivity contribution in [3.05, 3.63) is 30.3 Å². The molecule has 2 atom stereocenters. The van der Waals surface area contributed by atoms with E-state index in [1.165, 1.54) is 0 Å². The molecule has 21 heavy (non-hydrogen) atoms. The first-order valence-corrected chi connectivity index (χ1v) is 7.80. The number of hydrogen-bond donors (Lipinski definition) is 2. The minimum atomic E-state index is 0.0544. The summed E-state index contributed by atoms with van der Waals surface area (Å²) in [7, 11) is 0. The molecule has 118 valence electrons. The largest absolute Gasteiger partial charge is 0.494 e. The molecule has 0 saturated heterocycles. The van der Waals surface area contributed by atoms with Crippen LogP contribution in [0.2, 0.25) is 0 Å². The Morgan fingerprint density at radius 3 is 2.57 bits per heavy atom. The van der Waals surface area contributed by atoms with Crippen LogP contribution in [0.25, 0.3) is 0 Å². The normalized spacial score (nSPS) is 13.5. The van der Waals surface area contributed by atoms with Gasteiger partial charge in [-0.2, -0.15) is 0 Å². The van der Waals surface area contributed by atoms with Crippen LogP contribution in [0.15, 0.2) is 30.3 Å². The van der Waals surface area contributed by atoms with Crippen molar-refractivity contribution < 1.29 is 9.53 Å². The summed E-state index contributed by atoms with van der Waals surface area (Å²) in [5, 5.41) is 2.96. The summed E-state index contributed by atoms with van der Waals surface area (Å²) in [5.74, 6) is 1.05. The lowest BCUT2D eigenvalue weighted by Gasteiger charge is -2.13. The highest BCUT2D eigenvalue weighted by atomic mass is 16.5. The van der Waals surface area contributed by atoms with Crippen LogP contribution in [0, 0.1) is 5.92 Å². The van der Waals surface area contributed by atoms with Gasteiger partial charge < -0.3 is 15.8 Å². The molecule has 2 unspecified atom stereocenters. The molecule has 3 N–H and O–H groups in total. The Morgan fingerprint density at radius 2 is 1.90 bits per heavy atom. The predicted octanol–water partition coefficient (Wildman–Crippen LogP) is 2.73. The topological polar surface area (TPSA) is 64.4 Å². The van der Waals surface area contributed by atoms with Crippen molar-refractivity contribution in [1.82, 2.24) is 5.32 Å². The quantitative estimate of drug-likeness (QED) is 0.652. The average Bonchev–Trinajstić information content (AvgIpc) is 2.47. The Balaban J connectivity index is 2.04. The number of carbonyl (C=O) groups is 1. The Hall–Kier alpha value is -1.55. The number of nitrogens with two attached hydrogens (primary N) is 1. The molecule has 1 aromatic carbocycles. The van der Waals surface area contributed by atoms with Gasteiger partial charge in [0.1, 0.15) is 5.75 Å². The Bertz CT molecular complexity index is 393. The van der Waals surface area contributed by atoms with E-state index >= 15 is 0 Å². The minimum absolute atomic E-state index is 0.0544. The van der Waals surface area contributed by atoms with Gasteiger partial charge in [0.15, 0.2) is 0 Å². The lowest BCUT2D eigenvalue weighted by Crippen LogP contribution is -2.31. The third kappa shape index (κ3) is 8.35. The van der Waals surface area contributed by atoms with Crippen LogP contribution in [0.1, 0.15) is 39.5 Å². The molecule has 4 nitrogen and oxygen atoms in total. The van der Waals surface area contributed by atoms with E-state index in [9.17, 15) is 4.79 Å². The zero-order chi connectivity index (χ0) is 15.5. The molecular formula is C17H28N2O2. The highest BCUT2D eigenvalue weighted by molar-refractivity contribution is 5.78. The van der Waals surface area contributed by atoms with E-state index in [0.717, 1.165) is 31.4 Å². The Morgan fingerprint density at radius 1 is 1.19 bits per heavy atom. The number of rotatable bonds is 10. The van der Waals surface area contributed by atoms with Crippen LogP contribution in [0.5, 0.6) is 5.75 Å². The molecule has 0 aliphatic rings. The maximum atomic E-state index is 11.9. The molecular weight excluding hydrogens is 264 g/mol. The van der Waals surface area contributed by atoms with Crippen molar-refractivity contribution in [2.75, 3.05) is 13.2 Å². The molecule has 0 spiro atoms. The van der Waals surface area contributed by atoms with Crippen LogP contribution in [0.3, 0.4) is 0 Å². The van der Waals surface area contributed by atoms with Crippen molar-refractivity contribution in [2.24, 2.45) is 11.7 Å². The summed E-state index contributed by atoms with van der Waals surface area (Å²) in [4.78, 5) is 11.9. The standard InChI is InChI=1S/C17H28N2O2/c1-14(8-6-9-15(2)18)17(20)19-12-7-13-21-16-10-4-3-5-11-16/h3-5,10-11,14-15H,6-9,12-13,18H2,1-2H3,(H,19,20). The second-order valence-corrected chi connectivity index (χ2v) is 5.62. The Labute approximate surface area is 128 Å². The third-order valence-corrected chi connectivity index (χ3v) is 3.38. The SMILES string of the molecule is CC(N)CCCC(C)C(=O)NCCCOc1ccccc1. The molecule has 0 aromatic heterocycles. The minimum Gasteiger partial charge on any atom is -0.494 e. The molecule has 0 aliphatic heterocycles. The van der Waals surface area contributed by atoms with Crippen molar-refractivity contribution in [3.63, 3.8) is 0 Å². The van der Waals surface area contributed by atoms with Gasteiger partial charge in [0.2, 0.25) is 5.91 Å². The third-order valence-electron chi connectivity index (χ3n) is 3.38. The zero-order valence-electron chi connectivity index (χ0n) is 13.2. The first-order valence-electron chi connectivity index (χ1n) is 7.80. The molecule has 4 heteroatoms. The number of benzene rings is 1. The van der Waals surface area contributed by atoms with Gasteiger partial charge in [0.05, 0.1) is 6.61 Å². The van der Waals surface area contributed by atoms with Gasteiger partial charge in [-0.25, -0.2) is 0 Å². The van der Waals surface area contributed by atoms with Crippen LogP contribution < -0.4 is 15.8 Å². The fourth-order valence-corrected chi connectivity index (χ4v) is 2.04. The van der Waals surface area contributed by atoms with Crippen LogP contribution in [0.4, 0.5) is 0 Å². The van der Waals surface area contributed by atoms with E-state index in [4.69, 9.17) is 10.5 Å². The fourth-order valence-electron chi connectivity index (χ4n) is 2.04. The first-order chi connectivity index (χ1) is 10.1. The smallest absolute Gasteiger partial charge is 0.222 e. The second-order valence-electron chi connectivity index (χ2n) is 5.62. The molecule has 0 saturated carbocycles. The van der Waals surface area contributed by atoms with Crippen molar-refractivity contribution in [2.45, 2.75) is 45.6 Å². The summed E-state index contributed by atoms with van der Waals surface area (Å²) in [5.41, 5.74) is 5.70. The lowest BCUT2D eigenvalue weighted by atomic mass is 10.0. The van der Waals surface area contributed by atoms with Crippen molar-refractivity contribution in [1.29, 1.82) is 0 Å². The van der Waals surface area contributed by atoms with E-state index in [1.54, 1.807) is 0 Å². The molecule has 1 amide bonds. The molecule has 0 fully saturated rings. The maximum absolute atomic E-state index is 11.9. The molecule has 0 aliphatic carbocycles. The number of ether oxygens (including phenoxy) is 1. The monoisotopic (exact) mass is 292 g/mol. The number of nitrogens with one attached hydrogen (secondary N) is 1. The number of hydrogen-bond acceptors (Lipinski definition) is 3. The van der Waals surface area contributed by atoms with Gasteiger partial charge in [-0.3, -0.25) is 4.79 Å². The average molecular weight is 292 g/mol. The highest BCUT2D eigenvalue weighted by Gasteiger charge is 2.11. The molecule has 0 heterocycles. The highest BCUT2D eigenvalue weighted by Crippen LogP contribution is 2.10. The second kappa shape index (κ2) is 10.2. The van der Waals surface area contributed by atoms with Crippen LogP contribution in [-0.2, 0) is 4.79 Å². The van der Waals surface area contributed by atoms with E-state index in [0.29, 0.717) is 13.2 Å². The van der Waals surface area contributed by atoms with E-state index in [1.807, 2.05) is 44.2 Å². The summed E-state index contributed by atoms with van der Waals surface area (Å²) in [6.07, 6.45) is 3.69. The van der Waals surface area contributed by atoms with Crippen LogP contribution in [-0.4, -0.2) is 25.1 Å². The zero-order valence-corrected chi connectivity index (χ0v) is 13.2. The van der Waals surface area contributed by atoms with Gasteiger partial charge in [0, 0.05) is 18.5 Å². The van der Waals surface area contributed by atoms with Gasteiger partial charge in [-0.15, -0.1) is 0 Å². The summed E-state index contributed by atoms with van der Waals surface area (Å²) < 4.78 is 5.57. The maximum Gasteiger partial charge on any atom is 0.222 e. The van der Waals surface area contributed by atoms with E-state index in [-0.39, 0.29) is 17.9 Å². The summed E-state index contributed by atoms with van der Waals surface area (Å²) in [6.45, 7) is 5.24. The van der Waals surface area contributed by atoms with E-state index in [2.05, 4.69) is 5.32 Å². The van der Waals surface area contributed by atoms with Gasteiger partial charge >= 0.3 is 0 Å². The van der Waals surface area contributed by atoms with Gasteiger partial charge in [-0.1, -0.05) is 31.5 Å². The van der Waals surface area contributed by atoms with E-state index < -0.39 is 0 Å². The van der Waals surface area contributed by atoms with Gasteiger partial charge in [0.25, 0.3) is 0 Å². The molecule has 1 aromatic rings. The fraction of sp³-hybridized carbons (Fsp3) is 0.588. The van der Waals surface area contributed by atoms with Crippen molar-refractivity contribution >= 4 is 5.91 Å². The number of para-hydroxylation sites is 1. The van der Waals surface area contributed by atoms with Crippen molar-refractivity contribution in [3.8, 4) is 5.75 Å².